The smallest absolute Gasteiger partial charge is 0.328 e. The van der Waals surface area contributed by atoms with E-state index in [2.05, 4.69) is 38.5 Å². The Bertz CT molecular complexity index is 757. The van der Waals surface area contributed by atoms with E-state index in [-0.39, 0.29) is 18.1 Å². The molecule has 3 amide bonds. The van der Waals surface area contributed by atoms with Crippen LogP contribution in [0.15, 0.2) is 12.5 Å². The van der Waals surface area contributed by atoms with Gasteiger partial charge in [0.25, 0.3) is 0 Å². The standard InChI is InChI=1S/C18H30N6O6S/c1-8(2)13(23-15(26)11(19)4-10-5-20-7-21-10)17(28)22-12(6-31)16(27)24-14(9(3)25)18(29)30/h5,7-9,11-14,25,31H,4,6,19H2,1-3H3,(H,20,21)(H,22,28)(H,23,26)(H,24,27)(H,29,30). The number of carboxylic acids is 1. The van der Waals surface area contributed by atoms with Gasteiger partial charge >= 0.3 is 5.97 Å². The zero-order valence-electron chi connectivity index (χ0n) is 17.5. The number of aromatic nitrogens is 2. The highest BCUT2D eigenvalue weighted by Crippen LogP contribution is 2.05. The van der Waals surface area contributed by atoms with Crippen LogP contribution in [0, 0.1) is 5.92 Å². The summed E-state index contributed by atoms with van der Waals surface area (Å²) in [6.07, 6.45) is 1.83. The number of carbonyl (C=O) groups excluding carboxylic acids is 3. The summed E-state index contributed by atoms with van der Waals surface area (Å²) < 4.78 is 0. The highest BCUT2D eigenvalue weighted by Gasteiger charge is 2.32. The second-order valence-corrected chi connectivity index (χ2v) is 7.79. The van der Waals surface area contributed by atoms with Gasteiger partial charge in [0.05, 0.1) is 18.5 Å². The van der Waals surface area contributed by atoms with Crippen molar-refractivity contribution >= 4 is 36.3 Å². The fourth-order valence-electron chi connectivity index (χ4n) is 2.62. The third-order valence-corrected chi connectivity index (χ3v) is 4.81. The van der Waals surface area contributed by atoms with Crippen molar-refractivity contribution in [2.75, 3.05) is 5.75 Å². The average molecular weight is 459 g/mol. The van der Waals surface area contributed by atoms with E-state index in [1.54, 1.807) is 13.8 Å². The van der Waals surface area contributed by atoms with E-state index in [1.165, 1.54) is 19.4 Å². The number of amides is 3. The molecule has 0 saturated heterocycles. The molecule has 5 unspecified atom stereocenters. The number of thiol groups is 1. The second kappa shape index (κ2) is 12.3. The Morgan fingerprint density at radius 2 is 1.71 bits per heavy atom. The van der Waals surface area contributed by atoms with E-state index >= 15 is 0 Å². The largest absolute Gasteiger partial charge is 0.480 e. The molecule has 8 N–H and O–H groups in total. The van der Waals surface area contributed by atoms with E-state index in [0.29, 0.717) is 5.69 Å². The molecule has 0 aliphatic heterocycles. The predicted molar refractivity (Wildman–Crippen MR) is 114 cm³/mol. The van der Waals surface area contributed by atoms with E-state index < -0.39 is 54.0 Å². The second-order valence-electron chi connectivity index (χ2n) is 7.43. The number of hydrogen-bond donors (Lipinski definition) is 8. The van der Waals surface area contributed by atoms with Gasteiger partial charge in [0.2, 0.25) is 17.7 Å². The molecule has 0 bridgehead atoms. The van der Waals surface area contributed by atoms with Crippen LogP contribution in [-0.4, -0.2) is 79.9 Å². The average Bonchev–Trinajstić information content (AvgIpc) is 3.19. The molecular formula is C18H30N6O6S. The number of aliphatic hydroxyl groups excluding tert-OH is 1. The molecule has 1 rings (SSSR count). The van der Waals surface area contributed by atoms with E-state index in [1.807, 2.05) is 0 Å². The van der Waals surface area contributed by atoms with Crippen LogP contribution < -0.4 is 21.7 Å². The summed E-state index contributed by atoms with van der Waals surface area (Å²) >= 11 is 4.03. The van der Waals surface area contributed by atoms with Crippen molar-refractivity contribution < 1.29 is 29.4 Å². The summed E-state index contributed by atoms with van der Waals surface area (Å²) in [6.45, 7) is 4.62. The van der Waals surface area contributed by atoms with Crippen molar-refractivity contribution in [3.63, 3.8) is 0 Å². The minimum absolute atomic E-state index is 0.137. The van der Waals surface area contributed by atoms with Crippen molar-refractivity contribution in [2.45, 2.75) is 57.5 Å². The van der Waals surface area contributed by atoms with Gasteiger partial charge < -0.3 is 36.9 Å². The van der Waals surface area contributed by atoms with Crippen molar-refractivity contribution in [3.05, 3.63) is 18.2 Å². The number of nitrogens with one attached hydrogen (secondary N) is 4. The monoisotopic (exact) mass is 458 g/mol. The van der Waals surface area contributed by atoms with E-state index in [4.69, 9.17) is 10.8 Å². The maximum absolute atomic E-state index is 12.7. The molecule has 31 heavy (non-hydrogen) atoms. The Morgan fingerprint density at radius 3 is 2.16 bits per heavy atom. The lowest BCUT2D eigenvalue weighted by molar-refractivity contribution is -0.145. The van der Waals surface area contributed by atoms with Crippen molar-refractivity contribution in [3.8, 4) is 0 Å². The van der Waals surface area contributed by atoms with Gasteiger partial charge in [-0.15, -0.1) is 0 Å². The molecule has 174 valence electrons. The summed E-state index contributed by atoms with van der Waals surface area (Å²) in [5.74, 6) is -3.95. The van der Waals surface area contributed by atoms with Crippen LogP contribution in [0.1, 0.15) is 26.5 Å². The Hall–Kier alpha value is -2.64. The number of imidazole rings is 1. The van der Waals surface area contributed by atoms with Gasteiger partial charge in [-0.3, -0.25) is 14.4 Å². The summed E-state index contributed by atoms with van der Waals surface area (Å²) in [5.41, 5.74) is 6.56. The van der Waals surface area contributed by atoms with E-state index in [9.17, 15) is 24.3 Å². The molecule has 0 saturated carbocycles. The fraction of sp³-hybridized carbons (Fsp3) is 0.611. The molecular weight excluding hydrogens is 428 g/mol. The lowest BCUT2D eigenvalue weighted by Crippen LogP contribution is -2.59. The molecule has 1 heterocycles. The van der Waals surface area contributed by atoms with Crippen molar-refractivity contribution in [1.29, 1.82) is 0 Å². The molecule has 0 aliphatic rings. The number of aliphatic hydroxyl groups is 1. The van der Waals surface area contributed by atoms with Crippen LogP contribution in [0.4, 0.5) is 0 Å². The Morgan fingerprint density at radius 1 is 1.10 bits per heavy atom. The number of aromatic amines is 1. The molecule has 1 aromatic rings. The molecule has 0 fully saturated rings. The van der Waals surface area contributed by atoms with Gasteiger partial charge in [0.15, 0.2) is 6.04 Å². The van der Waals surface area contributed by atoms with Gasteiger partial charge in [-0.1, -0.05) is 13.8 Å². The lowest BCUT2D eigenvalue weighted by atomic mass is 10.0. The normalized spacial score (nSPS) is 16.0. The van der Waals surface area contributed by atoms with Crippen molar-refractivity contribution in [2.24, 2.45) is 11.7 Å². The number of carbonyl (C=O) groups is 4. The molecule has 13 heteroatoms. The summed E-state index contributed by atoms with van der Waals surface area (Å²) in [6, 6.07) is -4.66. The Labute approximate surface area is 185 Å². The summed E-state index contributed by atoms with van der Waals surface area (Å²) in [7, 11) is 0. The van der Waals surface area contributed by atoms with Crippen LogP contribution in [-0.2, 0) is 25.6 Å². The SMILES string of the molecule is CC(C)C(NC(=O)C(N)Cc1cnc[nH]1)C(=O)NC(CS)C(=O)NC(C(=O)O)C(C)O. The number of nitrogens with two attached hydrogens (primary N) is 1. The first-order valence-corrected chi connectivity index (χ1v) is 10.3. The van der Waals surface area contributed by atoms with Gasteiger partial charge in [0.1, 0.15) is 12.1 Å². The van der Waals surface area contributed by atoms with Gasteiger partial charge in [-0.25, -0.2) is 9.78 Å². The quantitative estimate of drug-likeness (QED) is 0.161. The number of H-pyrrole nitrogens is 1. The van der Waals surface area contributed by atoms with Crippen LogP contribution in [0.3, 0.4) is 0 Å². The number of hydrogen-bond acceptors (Lipinski definition) is 8. The maximum Gasteiger partial charge on any atom is 0.328 e. The van der Waals surface area contributed by atoms with Crippen LogP contribution in [0.5, 0.6) is 0 Å². The fourth-order valence-corrected chi connectivity index (χ4v) is 2.88. The molecule has 0 aromatic carbocycles. The van der Waals surface area contributed by atoms with Crippen LogP contribution >= 0.6 is 12.6 Å². The van der Waals surface area contributed by atoms with Crippen LogP contribution in [0.2, 0.25) is 0 Å². The lowest BCUT2D eigenvalue weighted by Gasteiger charge is -2.26. The highest BCUT2D eigenvalue weighted by atomic mass is 32.1. The minimum Gasteiger partial charge on any atom is -0.480 e. The van der Waals surface area contributed by atoms with Crippen molar-refractivity contribution in [1.82, 2.24) is 25.9 Å². The number of aliphatic carboxylic acids is 1. The minimum atomic E-state index is -1.55. The number of nitrogens with zero attached hydrogens (tertiary/aromatic N) is 1. The summed E-state index contributed by atoms with van der Waals surface area (Å²) in [4.78, 5) is 55.4. The zero-order chi connectivity index (χ0) is 23.7. The Kier molecular flexibility index (Phi) is 10.4. The van der Waals surface area contributed by atoms with Gasteiger partial charge in [-0.05, 0) is 12.8 Å². The molecule has 0 radical (unpaired) electrons. The molecule has 1 aromatic heterocycles. The zero-order valence-corrected chi connectivity index (χ0v) is 18.4. The first kappa shape index (κ1) is 26.4. The molecule has 0 aliphatic carbocycles. The summed E-state index contributed by atoms with van der Waals surface area (Å²) in [5, 5.41) is 25.8. The number of rotatable bonds is 12. The van der Waals surface area contributed by atoms with E-state index in [0.717, 1.165) is 0 Å². The Balaban J connectivity index is 2.78. The first-order valence-electron chi connectivity index (χ1n) is 9.63. The molecule has 0 spiro atoms. The molecule has 5 atom stereocenters. The van der Waals surface area contributed by atoms with Gasteiger partial charge in [0, 0.05) is 24.1 Å². The highest BCUT2D eigenvalue weighted by molar-refractivity contribution is 7.80. The predicted octanol–water partition coefficient (Wildman–Crippen LogP) is -2.21. The maximum atomic E-state index is 12.7. The van der Waals surface area contributed by atoms with Gasteiger partial charge in [-0.2, -0.15) is 12.6 Å². The molecule has 12 nitrogen and oxygen atoms in total. The first-order chi connectivity index (χ1) is 14.5. The van der Waals surface area contributed by atoms with Crippen LogP contribution in [0.25, 0.3) is 0 Å². The number of carboxylic acid groups (broad SMARTS) is 1. The third-order valence-electron chi connectivity index (χ3n) is 4.44. The topological polar surface area (TPSA) is 200 Å². The third kappa shape index (κ3) is 8.19.